The first kappa shape index (κ1) is 14.8. The van der Waals surface area contributed by atoms with Crippen LogP contribution in [-0.2, 0) is 0 Å². The Bertz CT molecular complexity index is 497. The van der Waals surface area contributed by atoms with E-state index in [0.29, 0.717) is 19.6 Å². The van der Waals surface area contributed by atoms with Gasteiger partial charge in [-0.15, -0.1) is 0 Å². The van der Waals surface area contributed by atoms with E-state index in [2.05, 4.69) is 6.92 Å². The zero-order chi connectivity index (χ0) is 14.8. The molecule has 2 N–H and O–H groups in total. The largest absolute Gasteiger partial charge is 0.496 e. The van der Waals surface area contributed by atoms with E-state index in [0.717, 1.165) is 12.8 Å². The third-order valence-electron chi connectivity index (χ3n) is 4.16. The van der Waals surface area contributed by atoms with Crippen LogP contribution in [0, 0.1) is 11.2 Å². The molecule has 0 aliphatic carbocycles. The smallest absolute Gasteiger partial charge is 0.260 e. The van der Waals surface area contributed by atoms with Crippen molar-refractivity contribution in [2.75, 3.05) is 26.7 Å². The topological polar surface area (TPSA) is 55.6 Å². The second-order valence-corrected chi connectivity index (χ2v) is 5.62. The number of benzene rings is 1. The molecule has 0 radical (unpaired) electrons. The molecule has 2 rings (SSSR count). The van der Waals surface area contributed by atoms with Crippen molar-refractivity contribution in [1.82, 2.24) is 4.90 Å². The Labute approximate surface area is 118 Å². The van der Waals surface area contributed by atoms with Crippen LogP contribution in [0.1, 0.15) is 30.1 Å². The normalized spacial score (nSPS) is 17.9. The van der Waals surface area contributed by atoms with E-state index >= 15 is 0 Å². The second kappa shape index (κ2) is 5.79. The molecule has 1 fully saturated rings. The van der Waals surface area contributed by atoms with Crippen LogP contribution >= 0.6 is 0 Å². The summed E-state index contributed by atoms with van der Waals surface area (Å²) in [6.45, 7) is 3.94. The molecule has 20 heavy (non-hydrogen) atoms. The van der Waals surface area contributed by atoms with Crippen LogP contribution < -0.4 is 10.5 Å². The summed E-state index contributed by atoms with van der Waals surface area (Å²) < 4.78 is 19.0. The van der Waals surface area contributed by atoms with Crippen molar-refractivity contribution in [1.29, 1.82) is 0 Å². The Hall–Kier alpha value is -1.62. The van der Waals surface area contributed by atoms with Gasteiger partial charge >= 0.3 is 0 Å². The molecule has 110 valence electrons. The van der Waals surface area contributed by atoms with Crippen molar-refractivity contribution in [3.63, 3.8) is 0 Å². The summed E-state index contributed by atoms with van der Waals surface area (Å²) in [6, 6.07) is 4.42. The lowest BCUT2D eigenvalue weighted by molar-refractivity contribution is 0.0609. The molecule has 0 spiro atoms. The predicted octanol–water partition coefficient (Wildman–Crippen LogP) is 2.04. The van der Waals surface area contributed by atoms with Gasteiger partial charge < -0.3 is 15.4 Å². The number of nitrogens with zero attached hydrogens (tertiary/aromatic N) is 1. The molecule has 0 unspecified atom stereocenters. The Kier molecular flexibility index (Phi) is 4.28. The molecule has 1 aliphatic heterocycles. The molecule has 0 saturated carbocycles. The van der Waals surface area contributed by atoms with Crippen LogP contribution in [0.25, 0.3) is 0 Å². The minimum atomic E-state index is -0.540. The fraction of sp³-hybridized carbons (Fsp3) is 0.533. The van der Waals surface area contributed by atoms with Crippen molar-refractivity contribution >= 4 is 5.91 Å². The monoisotopic (exact) mass is 280 g/mol. The fourth-order valence-electron chi connectivity index (χ4n) is 2.49. The molecule has 1 aromatic carbocycles. The molecule has 1 heterocycles. The zero-order valence-corrected chi connectivity index (χ0v) is 12.0. The second-order valence-electron chi connectivity index (χ2n) is 5.62. The molecule has 0 atom stereocenters. The van der Waals surface area contributed by atoms with Gasteiger partial charge in [-0.1, -0.05) is 13.0 Å². The Morgan fingerprint density at radius 2 is 2.10 bits per heavy atom. The van der Waals surface area contributed by atoms with Gasteiger partial charge in [0.05, 0.1) is 7.11 Å². The summed E-state index contributed by atoms with van der Waals surface area (Å²) in [7, 11) is 1.44. The van der Waals surface area contributed by atoms with Crippen molar-refractivity contribution in [2.24, 2.45) is 11.1 Å². The van der Waals surface area contributed by atoms with Crippen LogP contribution in [0.4, 0.5) is 4.39 Å². The van der Waals surface area contributed by atoms with E-state index in [1.54, 1.807) is 11.0 Å². The van der Waals surface area contributed by atoms with Crippen LogP contribution in [0.2, 0.25) is 0 Å². The van der Waals surface area contributed by atoms with E-state index < -0.39 is 5.82 Å². The van der Waals surface area contributed by atoms with Gasteiger partial charge in [-0.05, 0) is 36.9 Å². The van der Waals surface area contributed by atoms with Crippen molar-refractivity contribution < 1.29 is 13.9 Å². The number of piperidine rings is 1. The van der Waals surface area contributed by atoms with Gasteiger partial charge in [-0.3, -0.25) is 4.79 Å². The van der Waals surface area contributed by atoms with Gasteiger partial charge in [0.1, 0.15) is 17.1 Å². The van der Waals surface area contributed by atoms with E-state index in [-0.39, 0.29) is 22.6 Å². The first-order valence-corrected chi connectivity index (χ1v) is 6.82. The van der Waals surface area contributed by atoms with E-state index in [1.165, 1.54) is 19.2 Å². The maximum Gasteiger partial charge on any atom is 0.260 e. The van der Waals surface area contributed by atoms with Gasteiger partial charge in [0.2, 0.25) is 0 Å². The molecule has 1 aromatic rings. The third kappa shape index (κ3) is 2.77. The number of amides is 1. The summed E-state index contributed by atoms with van der Waals surface area (Å²) in [5, 5.41) is 0. The summed E-state index contributed by atoms with van der Waals surface area (Å²) in [5.74, 6) is -0.567. The first-order valence-electron chi connectivity index (χ1n) is 6.82. The van der Waals surface area contributed by atoms with Crippen molar-refractivity contribution in [2.45, 2.75) is 19.8 Å². The van der Waals surface area contributed by atoms with E-state index in [1.807, 2.05) is 0 Å². The number of carbonyl (C=O) groups excluding carboxylic acids is 1. The number of nitrogens with two attached hydrogens (primary N) is 1. The Morgan fingerprint density at radius 1 is 1.45 bits per heavy atom. The number of carbonyl (C=O) groups is 1. The highest BCUT2D eigenvalue weighted by molar-refractivity contribution is 5.97. The predicted molar refractivity (Wildman–Crippen MR) is 75.3 cm³/mol. The number of ether oxygens (including phenoxy) is 1. The van der Waals surface area contributed by atoms with Gasteiger partial charge in [0.15, 0.2) is 0 Å². The highest BCUT2D eigenvalue weighted by Crippen LogP contribution is 2.31. The van der Waals surface area contributed by atoms with E-state index in [9.17, 15) is 9.18 Å². The van der Waals surface area contributed by atoms with Gasteiger partial charge in [-0.25, -0.2) is 4.39 Å². The van der Waals surface area contributed by atoms with Crippen LogP contribution in [-0.4, -0.2) is 37.6 Å². The van der Waals surface area contributed by atoms with Crippen LogP contribution in [0.15, 0.2) is 18.2 Å². The number of hydrogen-bond donors (Lipinski definition) is 1. The summed E-state index contributed by atoms with van der Waals surface area (Å²) in [6.07, 6.45) is 1.68. The Balaban J connectivity index is 2.18. The highest BCUT2D eigenvalue weighted by atomic mass is 19.1. The lowest BCUT2D eigenvalue weighted by Crippen LogP contribution is -2.45. The maximum atomic E-state index is 13.9. The van der Waals surface area contributed by atoms with Crippen molar-refractivity contribution in [3.8, 4) is 5.75 Å². The molecule has 5 heteroatoms. The summed E-state index contributed by atoms with van der Waals surface area (Å²) >= 11 is 0. The number of likely N-dealkylation sites (tertiary alicyclic amines) is 1. The summed E-state index contributed by atoms with van der Waals surface area (Å²) in [4.78, 5) is 14.2. The zero-order valence-electron chi connectivity index (χ0n) is 12.0. The van der Waals surface area contributed by atoms with Crippen LogP contribution in [0.5, 0.6) is 5.75 Å². The number of methoxy groups -OCH3 is 1. The molecule has 1 aliphatic rings. The lowest BCUT2D eigenvalue weighted by atomic mass is 9.80. The van der Waals surface area contributed by atoms with Gasteiger partial charge in [0, 0.05) is 13.1 Å². The van der Waals surface area contributed by atoms with Gasteiger partial charge in [-0.2, -0.15) is 0 Å². The minimum Gasteiger partial charge on any atom is -0.496 e. The highest BCUT2D eigenvalue weighted by Gasteiger charge is 2.32. The number of hydrogen-bond acceptors (Lipinski definition) is 3. The van der Waals surface area contributed by atoms with Crippen molar-refractivity contribution in [3.05, 3.63) is 29.6 Å². The molecular formula is C15H21FN2O2. The molecule has 1 saturated heterocycles. The average Bonchev–Trinajstić information content (AvgIpc) is 2.47. The molecule has 4 nitrogen and oxygen atoms in total. The molecular weight excluding hydrogens is 259 g/mol. The third-order valence-corrected chi connectivity index (χ3v) is 4.16. The van der Waals surface area contributed by atoms with Gasteiger partial charge in [0.25, 0.3) is 5.91 Å². The quantitative estimate of drug-likeness (QED) is 0.921. The number of halogens is 1. The lowest BCUT2D eigenvalue weighted by Gasteiger charge is -2.38. The molecule has 0 aromatic heterocycles. The molecule has 1 amide bonds. The maximum absolute atomic E-state index is 13.9. The van der Waals surface area contributed by atoms with E-state index in [4.69, 9.17) is 10.5 Å². The minimum absolute atomic E-state index is 0.0198. The number of rotatable bonds is 3. The first-order chi connectivity index (χ1) is 9.50. The average molecular weight is 280 g/mol. The molecule has 0 bridgehead atoms. The summed E-state index contributed by atoms with van der Waals surface area (Å²) in [5.41, 5.74) is 5.86. The van der Waals surface area contributed by atoms with Crippen LogP contribution in [0.3, 0.4) is 0 Å². The fourth-order valence-corrected chi connectivity index (χ4v) is 2.49. The Morgan fingerprint density at radius 3 is 2.65 bits per heavy atom. The SMILES string of the molecule is COc1cccc(F)c1C(=O)N1CCC(C)(CN)CC1. The standard InChI is InChI=1S/C15H21FN2O2/c1-15(10-17)6-8-18(9-7-15)14(19)13-11(16)4-3-5-12(13)20-2/h3-5H,6-10,17H2,1-2H3.